The third-order valence-electron chi connectivity index (χ3n) is 5.84. The molecule has 3 aromatic heterocycles. The van der Waals surface area contributed by atoms with Crippen molar-refractivity contribution >= 4 is 27.8 Å². The fourth-order valence-electron chi connectivity index (χ4n) is 4.08. The second-order valence-electron chi connectivity index (χ2n) is 7.87. The zero-order valence-electron chi connectivity index (χ0n) is 16.7. The van der Waals surface area contributed by atoms with Crippen molar-refractivity contribution < 1.29 is 4.42 Å². The number of likely N-dealkylation sites (N-methyl/N-ethyl adjacent to an activating group) is 1. The van der Waals surface area contributed by atoms with Gasteiger partial charge in [-0.3, -0.25) is 0 Å². The lowest BCUT2D eigenvalue weighted by Gasteiger charge is -2.34. The molecule has 7 heteroatoms. The van der Waals surface area contributed by atoms with Gasteiger partial charge in [-0.1, -0.05) is 0 Å². The average molecular weight is 398 g/mol. The summed E-state index contributed by atoms with van der Waals surface area (Å²) >= 11 is 0. The number of aromatic nitrogens is 4. The van der Waals surface area contributed by atoms with Crippen LogP contribution in [0, 0.1) is 0 Å². The maximum Gasteiger partial charge on any atom is 0.174 e. The molecule has 0 unspecified atom stereocenters. The predicted octanol–water partition coefficient (Wildman–Crippen LogP) is 4.12. The van der Waals surface area contributed by atoms with Crippen LogP contribution in [-0.2, 0) is 0 Å². The van der Waals surface area contributed by atoms with Crippen LogP contribution in [0.2, 0.25) is 0 Å². The van der Waals surface area contributed by atoms with E-state index in [9.17, 15) is 0 Å². The lowest BCUT2D eigenvalue weighted by molar-refractivity contribution is 0.313. The van der Waals surface area contributed by atoms with Crippen LogP contribution >= 0.6 is 0 Å². The summed E-state index contributed by atoms with van der Waals surface area (Å²) in [6.45, 7) is 4.29. The summed E-state index contributed by atoms with van der Waals surface area (Å²) in [5.74, 6) is 2.32. The monoisotopic (exact) mass is 398 g/mol. The first-order valence-electron chi connectivity index (χ1n) is 10.2. The van der Waals surface area contributed by atoms with E-state index < -0.39 is 0 Å². The smallest absolute Gasteiger partial charge is 0.174 e. The van der Waals surface area contributed by atoms with Gasteiger partial charge in [-0.05, 0) is 55.6 Å². The van der Waals surface area contributed by atoms with Gasteiger partial charge in [0.05, 0.1) is 28.3 Å². The van der Waals surface area contributed by atoms with Crippen molar-refractivity contribution in [3.8, 4) is 23.0 Å². The molecule has 150 valence electrons. The van der Waals surface area contributed by atoms with E-state index in [1.54, 1.807) is 6.26 Å². The minimum absolute atomic E-state index is 0.730. The van der Waals surface area contributed by atoms with Crippen molar-refractivity contribution in [1.82, 2.24) is 24.8 Å². The molecule has 0 amide bonds. The number of piperazine rings is 1. The summed E-state index contributed by atoms with van der Waals surface area (Å²) in [6, 6.07) is 16.4. The van der Waals surface area contributed by atoms with Crippen LogP contribution in [0.25, 0.3) is 45.0 Å². The number of fused-ring (bicyclic) bond motifs is 2. The van der Waals surface area contributed by atoms with Crippen molar-refractivity contribution in [1.29, 1.82) is 0 Å². The Morgan fingerprint density at radius 2 is 1.57 bits per heavy atom. The molecule has 1 saturated heterocycles. The van der Waals surface area contributed by atoms with Gasteiger partial charge in [-0.25, -0.2) is 9.97 Å². The number of rotatable bonds is 3. The highest BCUT2D eigenvalue weighted by molar-refractivity contribution is 5.86. The van der Waals surface area contributed by atoms with Gasteiger partial charge in [0.1, 0.15) is 5.82 Å². The van der Waals surface area contributed by atoms with Gasteiger partial charge < -0.3 is 24.2 Å². The zero-order chi connectivity index (χ0) is 20.1. The van der Waals surface area contributed by atoms with Gasteiger partial charge in [-0.15, -0.1) is 0 Å². The van der Waals surface area contributed by atoms with E-state index in [0.717, 1.165) is 71.2 Å². The number of anilines is 1. The van der Waals surface area contributed by atoms with E-state index in [1.165, 1.54) is 5.69 Å². The summed E-state index contributed by atoms with van der Waals surface area (Å²) in [5.41, 5.74) is 6.16. The van der Waals surface area contributed by atoms with E-state index in [0.29, 0.717) is 0 Å². The molecule has 0 atom stereocenters. The van der Waals surface area contributed by atoms with Crippen LogP contribution in [-0.4, -0.2) is 58.1 Å². The Morgan fingerprint density at radius 3 is 2.37 bits per heavy atom. The number of aromatic amines is 2. The second-order valence-corrected chi connectivity index (χ2v) is 7.87. The molecule has 0 aliphatic carbocycles. The standard InChI is InChI=1S/C23H22N6O/c1-28-8-10-29(11-9-28)16-5-7-18-20(14-16)26-22(24-18)15-4-6-17-19(13-15)27-23(25-17)21-3-2-12-30-21/h2-7,12-14H,8-11H2,1H3,(H,24,26)(H,25,27). The van der Waals surface area contributed by atoms with Crippen molar-refractivity contribution in [3.63, 3.8) is 0 Å². The molecule has 0 radical (unpaired) electrons. The highest BCUT2D eigenvalue weighted by Gasteiger charge is 2.16. The molecule has 30 heavy (non-hydrogen) atoms. The molecule has 0 spiro atoms. The SMILES string of the molecule is CN1CCN(c2ccc3nc(-c4ccc5nc(-c6ccco6)[nH]c5c4)[nH]c3c2)CC1. The minimum Gasteiger partial charge on any atom is -0.461 e. The van der Waals surface area contributed by atoms with Crippen molar-refractivity contribution in [3.05, 3.63) is 54.8 Å². The van der Waals surface area contributed by atoms with Crippen molar-refractivity contribution in [2.24, 2.45) is 0 Å². The van der Waals surface area contributed by atoms with E-state index in [4.69, 9.17) is 9.40 Å². The molecule has 2 aromatic carbocycles. The first kappa shape index (κ1) is 17.3. The van der Waals surface area contributed by atoms with Gasteiger partial charge in [0.15, 0.2) is 11.6 Å². The fourth-order valence-corrected chi connectivity index (χ4v) is 4.08. The first-order chi connectivity index (χ1) is 14.7. The number of imidazole rings is 2. The molecule has 2 N–H and O–H groups in total. The summed E-state index contributed by atoms with van der Waals surface area (Å²) < 4.78 is 5.45. The second kappa shape index (κ2) is 6.74. The van der Waals surface area contributed by atoms with Crippen LogP contribution in [0.4, 0.5) is 5.69 Å². The topological polar surface area (TPSA) is 77.0 Å². The molecule has 1 aliphatic heterocycles. The van der Waals surface area contributed by atoms with Gasteiger partial charge in [0.25, 0.3) is 0 Å². The molecule has 6 rings (SSSR count). The van der Waals surface area contributed by atoms with Crippen LogP contribution in [0.3, 0.4) is 0 Å². The Morgan fingerprint density at radius 1 is 0.833 bits per heavy atom. The summed E-state index contributed by atoms with van der Waals surface area (Å²) in [6.07, 6.45) is 1.65. The number of hydrogen-bond donors (Lipinski definition) is 2. The molecule has 7 nitrogen and oxygen atoms in total. The normalized spacial score (nSPS) is 15.4. The van der Waals surface area contributed by atoms with Gasteiger partial charge in [0.2, 0.25) is 0 Å². The van der Waals surface area contributed by atoms with Crippen LogP contribution in [0.1, 0.15) is 0 Å². The minimum atomic E-state index is 0.730. The van der Waals surface area contributed by atoms with E-state index in [1.807, 2.05) is 24.3 Å². The Hall–Kier alpha value is -3.58. The summed E-state index contributed by atoms with van der Waals surface area (Å²) in [4.78, 5) is 21.1. The van der Waals surface area contributed by atoms with Crippen LogP contribution in [0.5, 0.6) is 0 Å². The molecular weight excluding hydrogens is 376 g/mol. The third kappa shape index (κ3) is 2.95. The summed E-state index contributed by atoms with van der Waals surface area (Å²) in [7, 11) is 2.18. The molecule has 4 heterocycles. The Bertz CT molecular complexity index is 1320. The number of benzene rings is 2. The highest BCUT2D eigenvalue weighted by Crippen LogP contribution is 2.28. The Balaban J connectivity index is 1.34. The maximum atomic E-state index is 5.45. The molecule has 5 aromatic rings. The quantitative estimate of drug-likeness (QED) is 0.478. The van der Waals surface area contributed by atoms with E-state index in [2.05, 4.69) is 56.1 Å². The number of nitrogens with one attached hydrogen (secondary N) is 2. The fraction of sp³-hybridized carbons (Fsp3) is 0.217. The van der Waals surface area contributed by atoms with E-state index >= 15 is 0 Å². The number of hydrogen-bond acceptors (Lipinski definition) is 5. The van der Waals surface area contributed by atoms with E-state index in [-0.39, 0.29) is 0 Å². The van der Waals surface area contributed by atoms with Crippen LogP contribution < -0.4 is 4.90 Å². The summed E-state index contributed by atoms with van der Waals surface area (Å²) in [5, 5.41) is 0. The van der Waals surface area contributed by atoms with Gasteiger partial charge in [-0.2, -0.15) is 0 Å². The lowest BCUT2D eigenvalue weighted by atomic mass is 10.2. The third-order valence-corrected chi connectivity index (χ3v) is 5.84. The number of H-pyrrole nitrogens is 2. The predicted molar refractivity (Wildman–Crippen MR) is 119 cm³/mol. The number of furan rings is 1. The first-order valence-corrected chi connectivity index (χ1v) is 10.2. The van der Waals surface area contributed by atoms with Crippen LogP contribution in [0.15, 0.2) is 59.2 Å². The molecular formula is C23H22N6O. The zero-order valence-corrected chi connectivity index (χ0v) is 16.7. The molecule has 1 fully saturated rings. The number of nitrogens with zero attached hydrogens (tertiary/aromatic N) is 4. The molecule has 0 saturated carbocycles. The highest BCUT2D eigenvalue weighted by atomic mass is 16.3. The van der Waals surface area contributed by atoms with Crippen molar-refractivity contribution in [2.75, 3.05) is 38.1 Å². The lowest BCUT2D eigenvalue weighted by Crippen LogP contribution is -2.44. The van der Waals surface area contributed by atoms with Crippen molar-refractivity contribution in [2.45, 2.75) is 0 Å². The maximum absolute atomic E-state index is 5.45. The van der Waals surface area contributed by atoms with Gasteiger partial charge in [0, 0.05) is 37.4 Å². The Labute approximate surface area is 173 Å². The largest absolute Gasteiger partial charge is 0.461 e. The molecule has 1 aliphatic rings. The average Bonchev–Trinajstić information content (AvgIpc) is 3.51. The molecule has 0 bridgehead atoms. The Kier molecular flexibility index (Phi) is 3.89. The van der Waals surface area contributed by atoms with Gasteiger partial charge >= 0.3 is 0 Å².